The Kier molecular flexibility index (Phi) is 4.58. The van der Waals surface area contributed by atoms with Gasteiger partial charge in [0.15, 0.2) is 0 Å². The predicted molar refractivity (Wildman–Crippen MR) is 83.0 cm³/mol. The van der Waals surface area contributed by atoms with Crippen molar-refractivity contribution in [3.63, 3.8) is 0 Å². The van der Waals surface area contributed by atoms with Crippen LogP contribution in [0.25, 0.3) is 0 Å². The molecule has 9 heteroatoms. The van der Waals surface area contributed by atoms with Crippen molar-refractivity contribution in [2.45, 2.75) is 45.2 Å². The Hall–Kier alpha value is -2.32. The van der Waals surface area contributed by atoms with Crippen molar-refractivity contribution in [2.75, 3.05) is 0 Å². The van der Waals surface area contributed by atoms with Crippen LogP contribution < -0.4 is 0 Å². The third-order valence-corrected chi connectivity index (χ3v) is 4.24. The molecule has 1 aliphatic heterocycles. The van der Waals surface area contributed by atoms with E-state index >= 15 is 0 Å². The first kappa shape index (κ1) is 18.5. The van der Waals surface area contributed by atoms with E-state index in [4.69, 9.17) is 0 Å². The second-order valence-corrected chi connectivity index (χ2v) is 6.14. The molecule has 0 bridgehead atoms. The highest BCUT2D eigenvalue weighted by atomic mass is 19.4. The first-order chi connectivity index (χ1) is 12.1. The van der Waals surface area contributed by atoms with Gasteiger partial charge < -0.3 is 0 Å². The summed E-state index contributed by atoms with van der Waals surface area (Å²) in [6.45, 7) is 2.58. The van der Waals surface area contributed by atoms with Crippen molar-refractivity contribution in [3.8, 4) is 0 Å². The fourth-order valence-corrected chi connectivity index (χ4v) is 3.01. The van der Waals surface area contributed by atoms with Crippen LogP contribution in [-0.4, -0.2) is 16.0 Å². The molecule has 0 unspecified atom stereocenters. The van der Waals surface area contributed by atoms with E-state index in [-0.39, 0.29) is 18.1 Å². The number of nitrogens with zero attached hydrogens (tertiary/aromatic N) is 3. The zero-order valence-corrected chi connectivity index (χ0v) is 13.7. The van der Waals surface area contributed by atoms with Crippen LogP contribution in [0.3, 0.4) is 0 Å². The van der Waals surface area contributed by atoms with Crippen molar-refractivity contribution in [2.24, 2.45) is 4.99 Å². The maximum Gasteiger partial charge on any atom is 0.416 e. The minimum absolute atomic E-state index is 0.0562. The molecule has 1 aliphatic rings. The van der Waals surface area contributed by atoms with E-state index in [2.05, 4.69) is 10.1 Å². The number of aromatic nitrogens is 2. The maximum atomic E-state index is 13.0. The molecule has 0 fully saturated rings. The van der Waals surface area contributed by atoms with E-state index in [1.807, 2.05) is 0 Å². The number of hydrogen-bond donors (Lipinski definition) is 0. The van der Waals surface area contributed by atoms with Gasteiger partial charge in [0.05, 0.1) is 29.1 Å². The minimum Gasteiger partial charge on any atom is -0.291 e. The minimum atomic E-state index is -4.86. The highest BCUT2D eigenvalue weighted by molar-refractivity contribution is 5.57. The van der Waals surface area contributed by atoms with E-state index in [0.717, 1.165) is 17.8 Å². The summed E-state index contributed by atoms with van der Waals surface area (Å²) in [6, 6.07) is 1.66. The Labute approximate surface area is 145 Å². The van der Waals surface area contributed by atoms with Gasteiger partial charge in [0.1, 0.15) is 0 Å². The van der Waals surface area contributed by atoms with E-state index in [0.29, 0.717) is 30.8 Å². The Morgan fingerprint density at radius 1 is 1.00 bits per heavy atom. The number of hydrogen-bond acceptors (Lipinski definition) is 2. The van der Waals surface area contributed by atoms with Crippen LogP contribution in [0.4, 0.5) is 26.3 Å². The van der Waals surface area contributed by atoms with Crippen LogP contribution in [0, 0.1) is 6.92 Å². The quantitative estimate of drug-likeness (QED) is 0.694. The molecule has 3 rings (SSSR count). The first-order valence-corrected chi connectivity index (χ1v) is 7.87. The molecular formula is C17H15F6N3. The fourth-order valence-electron chi connectivity index (χ4n) is 3.01. The molecule has 0 radical (unpaired) electrons. The lowest BCUT2D eigenvalue weighted by molar-refractivity contribution is -0.143. The number of aliphatic imine (C=N–C) groups is 1. The van der Waals surface area contributed by atoms with Crippen molar-refractivity contribution in [3.05, 3.63) is 51.8 Å². The SMILES string of the molecule is Cc1nn2c(c1Cc1cc(C(F)(F)F)cc(C(F)(F)F)c1)CN=CCC2. The molecule has 0 N–H and O–H groups in total. The smallest absolute Gasteiger partial charge is 0.291 e. The zero-order chi connectivity index (χ0) is 19.1. The number of halogens is 6. The van der Waals surface area contributed by atoms with Gasteiger partial charge in [0.25, 0.3) is 0 Å². The third-order valence-electron chi connectivity index (χ3n) is 4.24. The molecule has 0 aliphatic carbocycles. The Morgan fingerprint density at radius 3 is 2.19 bits per heavy atom. The third kappa shape index (κ3) is 3.76. The van der Waals surface area contributed by atoms with Crippen molar-refractivity contribution >= 4 is 6.21 Å². The number of aryl methyl sites for hydroxylation is 2. The van der Waals surface area contributed by atoms with Crippen LogP contribution in [0.15, 0.2) is 23.2 Å². The maximum absolute atomic E-state index is 13.0. The second-order valence-electron chi connectivity index (χ2n) is 6.14. The molecule has 0 saturated carbocycles. The molecule has 0 spiro atoms. The summed E-state index contributed by atoms with van der Waals surface area (Å²) in [5.41, 5.74) is -0.742. The van der Waals surface area contributed by atoms with Gasteiger partial charge in [-0.15, -0.1) is 0 Å². The summed E-state index contributed by atoms with van der Waals surface area (Å²) in [6.07, 6.45) is -7.37. The molecular weight excluding hydrogens is 360 g/mol. The van der Waals surface area contributed by atoms with Gasteiger partial charge in [0, 0.05) is 31.2 Å². The average Bonchev–Trinajstić information content (AvgIpc) is 2.70. The van der Waals surface area contributed by atoms with Gasteiger partial charge in [-0.3, -0.25) is 9.67 Å². The second kappa shape index (κ2) is 6.44. The van der Waals surface area contributed by atoms with Gasteiger partial charge in [-0.1, -0.05) is 0 Å². The highest BCUT2D eigenvalue weighted by Crippen LogP contribution is 2.37. The normalized spacial score (nSPS) is 15.0. The number of fused-ring (bicyclic) bond motifs is 1. The first-order valence-electron chi connectivity index (χ1n) is 7.87. The highest BCUT2D eigenvalue weighted by Gasteiger charge is 2.37. The van der Waals surface area contributed by atoms with Crippen molar-refractivity contribution in [1.82, 2.24) is 9.78 Å². The largest absolute Gasteiger partial charge is 0.416 e. The molecule has 0 saturated heterocycles. The van der Waals surface area contributed by atoms with Crippen LogP contribution >= 0.6 is 0 Å². The molecule has 0 amide bonds. The van der Waals surface area contributed by atoms with Crippen LogP contribution in [0.1, 0.15) is 40.1 Å². The molecule has 2 aromatic rings. The van der Waals surface area contributed by atoms with Crippen LogP contribution in [-0.2, 0) is 31.9 Å². The molecule has 2 heterocycles. The molecule has 140 valence electrons. The Morgan fingerprint density at radius 2 is 1.62 bits per heavy atom. The lowest BCUT2D eigenvalue weighted by Gasteiger charge is -2.14. The van der Waals surface area contributed by atoms with Crippen molar-refractivity contribution in [1.29, 1.82) is 0 Å². The van der Waals surface area contributed by atoms with E-state index in [9.17, 15) is 26.3 Å². The predicted octanol–water partition coefficient (Wildman–Crippen LogP) is 4.79. The molecule has 26 heavy (non-hydrogen) atoms. The summed E-state index contributed by atoms with van der Waals surface area (Å²) in [5.74, 6) is 0. The molecule has 0 atom stereocenters. The van der Waals surface area contributed by atoms with Crippen LogP contribution in [0.5, 0.6) is 0 Å². The monoisotopic (exact) mass is 375 g/mol. The zero-order valence-electron chi connectivity index (χ0n) is 13.7. The van der Waals surface area contributed by atoms with Gasteiger partial charge in [-0.05, 0) is 30.7 Å². The summed E-state index contributed by atoms with van der Waals surface area (Å²) in [4.78, 5) is 4.20. The average molecular weight is 375 g/mol. The van der Waals surface area contributed by atoms with Gasteiger partial charge in [-0.2, -0.15) is 31.4 Å². The lowest BCUT2D eigenvalue weighted by Crippen LogP contribution is -2.12. The van der Waals surface area contributed by atoms with Gasteiger partial charge in [-0.25, -0.2) is 0 Å². The van der Waals surface area contributed by atoms with Gasteiger partial charge in [0.2, 0.25) is 0 Å². The number of benzene rings is 1. The topological polar surface area (TPSA) is 30.2 Å². The van der Waals surface area contributed by atoms with E-state index in [1.54, 1.807) is 17.8 Å². The Bertz CT molecular complexity index is 813. The van der Waals surface area contributed by atoms with E-state index in [1.165, 1.54) is 0 Å². The van der Waals surface area contributed by atoms with Crippen molar-refractivity contribution < 1.29 is 26.3 Å². The molecule has 1 aromatic carbocycles. The Balaban J connectivity index is 2.05. The number of alkyl halides is 6. The molecule has 1 aromatic heterocycles. The number of rotatable bonds is 2. The summed E-state index contributed by atoms with van der Waals surface area (Å²) >= 11 is 0. The molecule has 3 nitrogen and oxygen atoms in total. The van der Waals surface area contributed by atoms with Crippen LogP contribution in [0.2, 0.25) is 0 Å². The standard InChI is InChI=1S/C17H15F6N3/c1-10-14(15-9-24-3-2-4-26(15)25-10)7-11-5-12(16(18,19)20)8-13(6-11)17(21,22)23/h3,5-6,8H,2,4,7,9H2,1H3. The fraction of sp³-hybridized carbons (Fsp3) is 0.412. The lowest BCUT2D eigenvalue weighted by atomic mass is 9.98. The van der Waals surface area contributed by atoms with E-state index < -0.39 is 23.5 Å². The summed E-state index contributed by atoms with van der Waals surface area (Å²) in [7, 11) is 0. The summed E-state index contributed by atoms with van der Waals surface area (Å²) < 4.78 is 79.8. The van der Waals surface area contributed by atoms with Gasteiger partial charge >= 0.3 is 12.4 Å². The summed E-state index contributed by atoms with van der Waals surface area (Å²) in [5, 5.41) is 4.34.